The second-order valence-corrected chi connectivity index (χ2v) is 8.54. The molecule has 6 nitrogen and oxygen atoms in total. The van der Waals surface area contributed by atoms with Crippen molar-refractivity contribution in [2.24, 2.45) is 0 Å². The molecular weight excluding hydrogens is 437 g/mol. The first-order valence-electron chi connectivity index (χ1n) is 8.94. The van der Waals surface area contributed by atoms with E-state index in [2.05, 4.69) is 0 Å². The Morgan fingerprint density at radius 1 is 1.03 bits per heavy atom. The number of carbonyl (C=O) groups excluding carboxylic acids is 1. The van der Waals surface area contributed by atoms with Crippen LogP contribution < -0.4 is 0 Å². The molecule has 2 aromatic carbocycles. The average Bonchev–Trinajstić information content (AvgIpc) is 2.66. The van der Waals surface area contributed by atoms with Gasteiger partial charge in [0.2, 0.25) is 0 Å². The van der Waals surface area contributed by atoms with Gasteiger partial charge in [0.15, 0.2) is 9.84 Å². The van der Waals surface area contributed by atoms with E-state index in [9.17, 15) is 36.3 Å². The van der Waals surface area contributed by atoms with Crippen LogP contribution in [0.3, 0.4) is 0 Å². The van der Waals surface area contributed by atoms with Gasteiger partial charge in [-0.05, 0) is 47.9 Å². The van der Waals surface area contributed by atoms with Crippen LogP contribution in [0.25, 0.3) is 5.57 Å². The SMILES string of the molecule is CCOC(=O)C(CC(=O)O)=C(c1ccc(S(C)(=O)=O)cc1)c1cccc(C(F)(F)F)c1. The number of aliphatic carboxylic acids is 1. The van der Waals surface area contributed by atoms with Gasteiger partial charge in [-0.1, -0.05) is 24.3 Å². The Morgan fingerprint density at radius 2 is 1.65 bits per heavy atom. The Morgan fingerprint density at radius 3 is 2.13 bits per heavy atom. The lowest BCUT2D eigenvalue weighted by molar-refractivity contribution is -0.142. The van der Waals surface area contributed by atoms with Crippen LogP contribution in [0.15, 0.2) is 59.0 Å². The van der Waals surface area contributed by atoms with E-state index in [0.717, 1.165) is 24.5 Å². The van der Waals surface area contributed by atoms with Crippen molar-refractivity contribution in [1.29, 1.82) is 0 Å². The lowest BCUT2D eigenvalue weighted by Gasteiger charge is -2.16. The number of ether oxygens (including phenoxy) is 1. The fourth-order valence-electron chi connectivity index (χ4n) is 2.87. The van der Waals surface area contributed by atoms with E-state index in [1.807, 2.05) is 0 Å². The highest BCUT2D eigenvalue weighted by Gasteiger charge is 2.31. The van der Waals surface area contributed by atoms with Crippen LogP contribution in [0.4, 0.5) is 13.2 Å². The normalized spacial score (nSPS) is 12.8. The van der Waals surface area contributed by atoms with E-state index in [-0.39, 0.29) is 33.8 Å². The van der Waals surface area contributed by atoms with Crippen LogP contribution in [0, 0.1) is 0 Å². The summed E-state index contributed by atoms with van der Waals surface area (Å²) in [4.78, 5) is 23.9. The molecule has 0 atom stereocenters. The summed E-state index contributed by atoms with van der Waals surface area (Å²) < 4.78 is 68.1. The number of esters is 1. The van der Waals surface area contributed by atoms with Crippen molar-refractivity contribution < 1.29 is 41.0 Å². The summed E-state index contributed by atoms with van der Waals surface area (Å²) in [6, 6.07) is 9.11. The first-order chi connectivity index (χ1) is 14.3. The number of hydrogen-bond acceptors (Lipinski definition) is 5. The third kappa shape index (κ3) is 6.17. The highest BCUT2D eigenvalue weighted by molar-refractivity contribution is 7.90. The largest absolute Gasteiger partial charge is 0.481 e. The molecule has 0 saturated heterocycles. The fraction of sp³-hybridized carbons (Fsp3) is 0.238. The maximum absolute atomic E-state index is 13.2. The van der Waals surface area contributed by atoms with Crippen molar-refractivity contribution >= 4 is 27.3 Å². The smallest absolute Gasteiger partial charge is 0.416 e. The van der Waals surface area contributed by atoms with E-state index >= 15 is 0 Å². The number of halogens is 3. The van der Waals surface area contributed by atoms with Gasteiger partial charge in [0.1, 0.15) is 0 Å². The van der Waals surface area contributed by atoms with Crippen LogP contribution >= 0.6 is 0 Å². The second-order valence-electron chi connectivity index (χ2n) is 6.52. The maximum Gasteiger partial charge on any atom is 0.416 e. The van der Waals surface area contributed by atoms with Crippen molar-refractivity contribution in [2.75, 3.05) is 12.9 Å². The summed E-state index contributed by atoms with van der Waals surface area (Å²) in [6.45, 7) is 1.42. The number of rotatable bonds is 7. The third-order valence-corrected chi connectivity index (χ3v) is 5.33. The molecule has 2 rings (SSSR count). The Hall–Kier alpha value is -3.14. The Balaban J connectivity index is 2.84. The molecule has 0 fully saturated rings. The minimum atomic E-state index is -4.67. The third-order valence-electron chi connectivity index (χ3n) is 4.20. The van der Waals surface area contributed by atoms with Gasteiger partial charge in [0.25, 0.3) is 0 Å². The van der Waals surface area contributed by atoms with Crippen LogP contribution in [-0.2, 0) is 30.3 Å². The number of hydrogen-bond donors (Lipinski definition) is 1. The number of alkyl halides is 3. The summed E-state index contributed by atoms with van der Waals surface area (Å²) in [5.41, 5.74) is -1.34. The summed E-state index contributed by atoms with van der Waals surface area (Å²) in [5.74, 6) is -2.38. The summed E-state index contributed by atoms with van der Waals surface area (Å²) in [7, 11) is -3.55. The molecule has 0 aliphatic rings. The standard InChI is InChI=1S/C21H19F3O6S/c1-3-30-20(27)17(12-18(25)26)19(13-7-9-16(10-8-13)31(2,28)29)14-5-4-6-15(11-14)21(22,23)24/h4-11H,3,12H2,1-2H3,(H,25,26). The molecule has 0 heterocycles. The topological polar surface area (TPSA) is 97.7 Å². The molecule has 0 bridgehead atoms. The Labute approximate surface area is 176 Å². The molecule has 0 aliphatic carbocycles. The molecule has 31 heavy (non-hydrogen) atoms. The van der Waals surface area contributed by atoms with Crippen molar-refractivity contribution in [3.8, 4) is 0 Å². The number of benzene rings is 2. The highest BCUT2D eigenvalue weighted by Crippen LogP contribution is 2.35. The van der Waals surface area contributed by atoms with Gasteiger partial charge >= 0.3 is 18.1 Å². The van der Waals surface area contributed by atoms with E-state index in [0.29, 0.717) is 0 Å². The second kappa shape index (κ2) is 9.34. The Bertz CT molecular complexity index is 1120. The van der Waals surface area contributed by atoms with E-state index in [4.69, 9.17) is 4.74 Å². The first kappa shape index (κ1) is 24.1. The van der Waals surface area contributed by atoms with Crippen LogP contribution in [0.5, 0.6) is 0 Å². The van der Waals surface area contributed by atoms with Crippen molar-refractivity contribution in [1.82, 2.24) is 0 Å². The quantitative estimate of drug-likeness (QED) is 0.501. The van der Waals surface area contributed by atoms with E-state index < -0.39 is 39.9 Å². The molecule has 0 aliphatic heterocycles. The zero-order chi connectivity index (χ0) is 23.4. The van der Waals surface area contributed by atoms with Gasteiger partial charge in [-0.25, -0.2) is 13.2 Å². The average molecular weight is 456 g/mol. The zero-order valence-electron chi connectivity index (χ0n) is 16.6. The van der Waals surface area contributed by atoms with Crippen LogP contribution in [0.2, 0.25) is 0 Å². The number of sulfone groups is 1. The monoisotopic (exact) mass is 456 g/mol. The highest BCUT2D eigenvalue weighted by atomic mass is 32.2. The Kier molecular flexibility index (Phi) is 7.27. The van der Waals surface area contributed by atoms with Gasteiger partial charge in [0, 0.05) is 6.26 Å². The van der Waals surface area contributed by atoms with Gasteiger partial charge in [-0.2, -0.15) is 13.2 Å². The molecule has 2 aromatic rings. The molecule has 0 unspecified atom stereocenters. The summed E-state index contributed by atoms with van der Waals surface area (Å²) in [6.07, 6.45) is -4.49. The summed E-state index contributed by atoms with van der Waals surface area (Å²) >= 11 is 0. The van der Waals surface area contributed by atoms with Crippen molar-refractivity contribution in [2.45, 2.75) is 24.4 Å². The number of carbonyl (C=O) groups is 2. The van der Waals surface area contributed by atoms with Gasteiger partial charge in [-0.3, -0.25) is 4.79 Å². The minimum Gasteiger partial charge on any atom is -0.481 e. The van der Waals surface area contributed by atoms with Crippen LogP contribution in [-0.4, -0.2) is 38.3 Å². The molecule has 0 aromatic heterocycles. The molecule has 0 amide bonds. The summed E-state index contributed by atoms with van der Waals surface area (Å²) in [5, 5.41) is 9.28. The predicted octanol–water partition coefficient (Wildman–Crippen LogP) is 3.95. The lowest BCUT2D eigenvalue weighted by atomic mass is 9.90. The van der Waals surface area contributed by atoms with E-state index in [1.165, 1.54) is 37.3 Å². The van der Waals surface area contributed by atoms with E-state index in [1.54, 1.807) is 0 Å². The first-order valence-corrected chi connectivity index (χ1v) is 10.8. The van der Waals surface area contributed by atoms with Crippen molar-refractivity contribution in [3.63, 3.8) is 0 Å². The fourth-order valence-corrected chi connectivity index (χ4v) is 3.50. The molecule has 0 spiro atoms. The molecule has 10 heteroatoms. The van der Waals surface area contributed by atoms with Crippen molar-refractivity contribution in [3.05, 3.63) is 70.8 Å². The van der Waals surface area contributed by atoms with Gasteiger partial charge in [0.05, 0.1) is 29.1 Å². The van der Waals surface area contributed by atoms with Crippen LogP contribution in [0.1, 0.15) is 30.0 Å². The molecule has 166 valence electrons. The number of carboxylic acid groups (broad SMARTS) is 1. The predicted molar refractivity (Wildman–Crippen MR) is 106 cm³/mol. The molecular formula is C21H19F3O6S. The zero-order valence-corrected chi connectivity index (χ0v) is 17.4. The van der Waals surface area contributed by atoms with Gasteiger partial charge in [-0.15, -0.1) is 0 Å². The molecule has 0 radical (unpaired) electrons. The number of carboxylic acids is 1. The lowest BCUT2D eigenvalue weighted by Crippen LogP contribution is -2.14. The maximum atomic E-state index is 13.2. The molecule has 1 N–H and O–H groups in total. The minimum absolute atomic E-state index is 0.0458. The molecule has 0 saturated carbocycles. The van der Waals surface area contributed by atoms with Gasteiger partial charge < -0.3 is 9.84 Å².